The van der Waals surface area contributed by atoms with Crippen LogP contribution in [0.2, 0.25) is 0 Å². The van der Waals surface area contributed by atoms with Crippen molar-refractivity contribution in [3.8, 4) is 16.9 Å². The van der Waals surface area contributed by atoms with Gasteiger partial charge < -0.3 is 15.0 Å². The Morgan fingerprint density at radius 1 is 1.17 bits per heavy atom. The number of aromatic amines is 1. The largest absolute Gasteiger partial charge is 0.493 e. The maximum absolute atomic E-state index is 11.9. The van der Waals surface area contributed by atoms with Gasteiger partial charge in [-0.05, 0) is 53.8 Å². The number of carbonyl (C=O) groups excluding carboxylic acids is 1. The van der Waals surface area contributed by atoms with E-state index in [1.54, 1.807) is 7.05 Å². The van der Waals surface area contributed by atoms with Gasteiger partial charge in [-0.25, -0.2) is 0 Å². The lowest BCUT2D eigenvalue weighted by Gasteiger charge is -2.13. The SMILES string of the molecule is CCCCOc1cc(C(=O)NC)ccc1-c1ccc2[nH]ccc2c1. The van der Waals surface area contributed by atoms with E-state index in [9.17, 15) is 4.79 Å². The highest BCUT2D eigenvalue weighted by Gasteiger charge is 2.12. The molecule has 1 heterocycles. The fourth-order valence-corrected chi connectivity index (χ4v) is 2.71. The number of carbonyl (C=O) groups is 1. The molecule has 124 valence electrons. The highest BCUT2D eigenvalue weighted by atomic mass is 16.5. The Balaban J connectivity index is 2.02. The van der Waals surface area contributed by atoms with E-state index in [4.69, 9.17) is 4.74 Å². The molecule has 0 saturated heterocycles. The molecule has 0 aliphatic heterocycles. The van der Waals surface area contributed by atoms with Gasteiger partial charge >= 0.3 is 0 Å². The first kappa shape index (κ1) is 16.1. The number of nitrogens with one attached hydrogen (secondary N) is 2. The number of benzene rings is 2. The monoisotopic (exact) mass is 322 g/mol. The third-order valence-electron chi connectivity index (χ3n) is 4.09. The van der Waals surface area contributed by atoms with E-state index in [1.165, 1.54) is 0 Å². The third-order valence-corrected chi connectivity index (χ3v) is 4.09. The normalized spacial score (nSPS) is 10.8. The lowest BCUT2D eigenvalue weighted by molar-refractivity contribution is 0.0962. The van der Waals surface area contributed by atoms with Crippen LogP contribution in [-0.2, 0) is 0 Å². The van der Waals surface area contributed by atoms with Crippen LogP contribution < -0.4 is 10.1 Å². The number of hydrogen-bond donors (Lipinski definition) is 2. The molecular weight excluding hydrogens is 300 g/mol. The maximum atomic E-state index is 11.9. The molecule has 2 aromatic carbocycles. The molecule has 4 heteroatoms. The zero-order valence-electron chi connectivity index (χ0n) is 14.1. The van der Waals surface area contributed by atoms with Crippen molar-refractivity contribution in [1.29, 1.82) is 0 Å². The van der Waals surface area contributed by atoms with Crippen molar-refractivity contribution in [2.75, 3.05) is 13.7 Å². The van der Waals surface area contributed by atoms with Gasteiger partial charge in [0.25, 0.3) is 5.91 Å². The number of rotatable bonds is 6. The van der Waals surface area contributed by atoms with Gasteiger partial charge in [-0.1, -0.05) is 19.4 Å². The highest BCUT2D eigenvalue weighted by Crippen LogP contribution is 2.33. The van der Waals surface area contributed by atoms with Crippen LogP contribution in [0.1, 0.15) is 30.1 Å². The van der Waals surface area contributed by atoms with E-state index in [-0.39, 0.29) is 5.91 Å². The van der Waals surface area contributed by atoms with Gasteiger partial charge in [0.1, 0.15) is 5.75 Å². The van der Waals surface area contributed by atoms with Crippen molar-refractivity contribution in [1.82, 2.24) is 10.3 Å². The van der Waals surface area contributed by atoms with Gasteiger partial charge in [0.05, 0.1) is 6.61 Å². The fraction of sp³-hybridized carbons (Fsp3) is 0.250. The Morgan fingerprint density at radius 2 is 2.04 bits per heavy atom. The third kappa shape index (κ3) is 3.27. The van der Waals surface area contributed by atoms with Crippen molar-refractivity contribution in [3.63, 3.8) is 0 Å². The average Bonchev–Trinajstić information content (AvgIpc) is 3.09. The maximum Gasteiger partial charge on any atom is 0.251 e. The van der Waals surface area contributed by atoms with Gasteiger partial charge in [-0.15, -0.1) is 0 Å². The van der Waals surface area contributed by atoms with Crippen LogP contribution in [0.25, 0.3) is 22.0 Å². The molecule has 3 aromatic rings. The van der Waals surface area contributed by atoms with E-state index in [2.05, 4.69) is 41.5 Å². The van der Waals surface area contributed by atoms with Crippen molar-refractivity contribution >= 4 is 16.8 Å². The minimum Gasteiger partial charge on any atom is -0.493 e. The number of hydrogen-bond acceptors (Lipinski definition) is 2. The standard InChI is InChI=1S/C20H22N2O2/c1-3-4-11-24-19-13-16(20(23)21-2)5-7-17(19)14-6-8-18-15(12-14)9-10-22-18/h5-10,12-13,22H,3-4,11H2,1-2H3,(H,21,23). The first-order chi connectivity index (χ1) is 11.7. The van der Waals surface area contributed by atoms with E-state index >= 15 is 0 Å². The molecule has 0 aliphatic rings. The summed E-state index contributed by atoms with van der Waals surface area (Å²) in [7, 11) is 1.63. The molecule has 3 rings (SSSR count). The molecule has 0 spiro atoms. The molecule has 4 nitrogen and oxygen atoms in total. The molecule has 1 amide bonds. The van der Waals surface area contributed by atoms with Crippen LogP contribution in [0.3, 0.4) is 0 Å². The van der Waals surface area contributed by atoms with E-state index in [0.29, 0.717) is 12.2 Å². The number of unbranched alkanes of at least 4 members (excludes halogenated alkanes) is 1. The van der Waals surface area contributed by atoms with Gasteiger partial charge in [-0.3, -0.25) is 4.79 Å². The van der Waals surface area contributed by atoms with Crippen molar-refractivity contribution in [3.05, 3.63) is 54.2 Å². The summed E-state index contributed by atoms with van der Waals surface area (Å²) in [6.45, 7) is 2.78. The van der Waals surface area contributed by atoms with Crippen molar-refractivity contribution in [2.24, 2.45) is 0 Å². The summed E-state index contributed by atoms with van der Waals surface area (Å²) < 4.78 is 5.97. The number of aromatic nitrogens is 1. The Kier molecular flexibility index (Phi) is 4.85. The predicted octanol–water partition coefficient (Wildman–Crippen LogP) is 4.37. The smallest absolute Gasteiger partial charge is 0.251 e. The Labute approximate surface area is 141 Å². The first-order valence-electron chi connectivity index (χ1n) is 8.29. The minimum absolute atomic E-state index is 0.108. The zero-order chi connectivity index (χ0) is 16.9. The average molecular weight is 322 g/mol. The Morgan fingerprint density at radius 3 is 2.83 bits per heavy atom. The molecule has 0 radical (unpaired) electrons. The van der Waals surface area contributed by atoms with Crippen LogP contribution in [0.4, 0.5) is 0 Å². The van der Waals surface area contributed by atoms with Crippen LogP contribution in [-0.4, -0.2) is 24.5 Å². The van der Waals surface area contributed by atoms with E-state index in [0.717, 1.165) is 40.6 Å². The molecule has 0 aliphatic carbocycles. The van der Waals surface area contributed by atoms with Crippen LogP contribution in [0.15, 0.2) is 48.7 Å². The van der Waals surface area contributed by atoms with Gasteiger partial charge in [0.15, 0.2) is 0 Å². The van der Waals surface area contributed by atoms with Crippen LogP contribution in [0.5, 0.6) is 5.75 Å². The Hall–Kier alpha value is -2.75. The highest BCUT2D eigenvalue weighted by molar-refractivity contribution is 5.95. The second-order valence-corrected chi connectivity index (χ2v) is 5.77. The minimum atomic E-state index is -0.108. The van der Waals surface area contributed by atoms with Crippen molar-refractivity contribution in [2.45, 2.75) is 19.8 Å². The summed E-state index contributed by atoms with van der Waals surface area (Å²) in [6, 6.07) is 13.9. The Bertz CT molecular complexity index is 852. The zero-order valence-corrected chi connectivity index (χ0v) is 14.1. The van der Waals surface area contributed by atoms with Gasteiger partial charge in [-0.2, -0.15) is 0 Å². The summed E-state index contributed by atoms with van der Waals surface area (Å²) in [6.07, 6.45) is 3.99. The second kappa shape index (κ2) is 7.21. The number of H-pyrrole nitrogens is 1. The van der Waals surface area contributed by atoms with Gasteiger partial charge in [0, 0.05) is 29.9 Å². The summed E-state index contributed by atoms with van der Waals surface area (Å²) in [5.74, 6) is 0.641. The predicted molar refractivity (Wildman–Crippen MR) is 97.5 cm³/mol. The summed E-state index contributed by atoms with van der Waals surface area (Å²) in [5.41, 5.74) is 3.79. The quantitative estimate of drug-likeness (QED) is 0.662. The number of fused-ring (bicyclic) bond motifs is 1. The molecule has 0 atom stereocenters. The van der Waals surface area contributed by atoms with Crippen LogP contribution in [0, 0.1) is 0 Å². The molecule has 0 saturated carbocycles. The molecule has 1 aromatic heterocycles. The summed E-state index contributed by atoms with van der Waals surface area (Å²) in [5, 5.41) is 3.81. The molecule has 24 heavy (non-hydrogen) atoms. The van der Waals surface area contributed by atoms with E-state index in [1.807, 2.05) is 24.4 Å². The van der Waals surface area contributed by atoms with E-state index < -0.39 is 0 Å². The molecule has 0 fully saturated rings. The number of amides is 1. The first-order valence-corrected chi connectivity index (χ1v) is 8.29. The molecule has 0 unspecified atom stereocenters. The summed E-state index contributed by atoms with van der Waals surface area (Å²) in [4.78, 5) is 15.1. The molecule has 2 N–H and O–H groups in total. The number of ether oxygens (including phenoxy) is 1. The topological polar surface area (TPSA) is 54.1 Å². The summed E-state index contributed by atoms with van der Waals surface area (Å²) >= 11 is 0. The van der Waals surface area contributed by atoms with Gasteiger partial charge in [0.2, 0.25) is 0 Å². The molecule has 0 bridgehead atoms. The molecular formula is C20H22N2O2. The lowest BCUT2D eigenvalue weighted by atomic mass is 10.0. The fourth-order valence-electron chi connectivity index (χ4n) is 2.71. The second-order valence-electron chi connectivity index (χ2n) is 5.77. The van der Waals surface area contributed by atoms with Crippen molar-refractivity contribution < 1.29 is 9.53 Å². The lowest BCUT2D eigenvalue weighted by Crippen LogP contribution is -2.17. The van der Waals surface area contributed by atoms with Crippen LogP contribution >= 0.6 is 0 Å².